The highest BCUT2D eigenvalue weighted by Crippen LogP contribution is 2.37. The second kappa shape index (κ2) is 14.1. The molecule has 1 aromatic carbocycles. The van der Waals surface area contributed by atoms with E-state index < -0.39 is 17.2 Å². The Balaban J connectivity index is 0.000000585. The fraction of sp³-hybridized carbons (Fsp3) is 0.375. The summed E-state index contributed by atoms with van der Waals surface area (Å²) in [6.45, 7) is 8.57. The van der Waals surface area contributed by atoms with Crippen LogP contribution < -0.4 is 10.4 Å². The number of halogens is 2. The summed E-state index contributed by atoms with van der Waals surface area (Å²) in [6.07, 6.45) is 4.01. The van der Waals surface area contributed by atoms with E-state index in [1.807, 2.05) is 64.1 Å². The standard InChI is InChI=1S/C18H25I2N7O3P2.C6H6/c1-10-9-25(5-6-26(10)17(30)18(2,3)4)16(29)15(28)23-12-8-21-14(24-31-19)11-7-22-27(32-20)13(11)12;1-2-4-6-5-3-1/h7-8,10,31-32H,5-6,9H2,1-4H3,(H,21,24)(H,23,28);1-6H. The van der Waals surface area contributed by atoms with E-state index in [0.29, 0.717) is 43.9 Å². The topological polar surface area (TPSA) is 112 Å². The van der Waals surface area contributed by atoms with Gasteiger partial charge in [0, 0.05) is 37.5 Å². The number of benzene rings is 1. The molecule has 4 rings (SSSR count). The number of aromatic nitrogens is 3. The summed E-state index contributed by atoms with van der Waals surface area (Å²) in [5.41, 5.74) is 0.675. The summed E-state index contributed by atoms with van der Waals surface area (Å²) >= 11 is 4.43. The molecule has 3 unspecified atom stereocenters. The van der Waals surface area contributed by atoms with Crippen molar-refractivity contribution in [2.45, 2.75) is 33.7 Å². The average Bonchev–Trinajstić information content (AvgIpc) is 3.35. The van der Waals surface area contributed by atoms with E-state index in [1.54, 1.807) is 21.7 Å². The van der Waals surface area contributed by atoms with Crippen molar-refractivity contribution in [3.05, 3.63) is 48.8 Å². The van der Waals surface area contributed by atoms with E-state index >= 15 is 0 Å². The molecular weight excluding hydrogens is 750 g/mol. The largest absolute Gasteiger partial charge is 0.343 e. The minimum Gasteiger partial charge on any atom is -0.343 e. The van der Waals surface area contributed by atoms with Crippen LogP contribution >= 0.6 is 56.8 Å². The molecule has 2 N–H and O–H groups in total. The summed E-state index contributed by atoms with van der Waals surface area (Å²) in [7, 11) is 0. The predicted molar refractivity (Wildman–Crippen MR) is 174 cm³/mol. The van der Waals surface area contributed by atoms with E-state index in [2.05, 4.69) is 64.6 Å². The molecule has 0 aliphatic carbocycles. The number of nitrogens with zero attached hydrogens (tertiary/aromatic N) is 5. The van der Waals surface area contributed by atoms with Crippen molar-refractivity contribution in [1.82, 2.24) is 24.3 Å². The Bertz CT molecular complexity index is 1240. The summed E-state index contributed by atoms with van der Waals surface area (Å²) in [5, 5.41) is 11.1. The summed E-state index contributed by atoms with van der Waals surface area (Å²) in [5.74, 6) is -0.612. The first kappa shape index (κ1) is 30.9. The van der Waals surface area contributed by atoms with Crippen LogP contribution in [0.15, 0.2) is 48.8 Å². The van der Waals surface area contributed by atoms with Crippen molar-refractivity contribution >= 4 is 97.0 Å². The fourth-order valence-electron chi connectivity index (χ4n) is 3.92. The lowest BCUT2D eigenvalue weighted by Gasteiger charge is -2.42. The number of rotatable bonds is 4. The zero-order valence-corrected chi connectivity index (χ0v) is 27.8. The van der Waals surface area contributed by atoms with Gasteiger partial charge in [-0.2, -0.15) is 5.10 Å². The lowest BCUT2D eigenvalue weighted by Crippen LogP contribution is -2.58. The second-order valence-electron chi connectivity index (χ2n) is 9.60. The molecule has 3 aromatic rings. The highest BCUT2D eigenvalue weighted by molar-refractivity contribution is 14.2. The normalized spacial score (nSPS) is 16.1. The van der Waals surface area contributed by atoms with Crippen LogP contribution in [0.3, 0.4) is 0 Å². The van der Waals surface area contributed by atoms with Gasteiger partial charge in [-0.3, -0.25) is 14.4 Å². The van der Waals surface area contributed by atoms with E-state index in [1.165, 1.54) is 4.90 Å². The average molecular weight is 781 g/mol. The van der Waals surface area contributed by atoms with Gasteiger partial charge in [-0.1, -0.05) is 57.2 Å². The molecule has 10 nitrogen and oxygen atoms in total. The molecule has 0 saturated carbocycles. The maximum absolute atomic E-state index is 12.9. The Hall–Kier alpha value is -1.63. The molecule has 1 aliphatic rings. The van der Waals surface area contributed by atoms with Crippen molar-refractivity contribution in [3.63, 3.8) is 0 Å². The first-order chi connectivity index (χ1) is 18.1. The highest BCUT2D eigenvalue weighted by Gasteiger charge is 2.36. The number of piperazine rings is 1. The van der Waals surface area contributed by atoms with Crippen molar-refractivity contribution in [2.75, 3.05) is 30.0 Å². The Morgan fingerprint density at radius 2 is 1.66 bits per heavy atom. The van der Waals surface area contributed by atoms with Crippen LogP contribution in [0.5, 0.6) is 0 Å². The van der Waals surface area contributed by atoms with Crippen LogP contribution in [0, 0.1) is 5.41 Å². The quantitative estimate of drug-likeness (QED) is 0.211. The summed E-state index contributed by atoms with van der Waals surface area (Å²) in [4.78, 5) is 46.0. The number of pyridine rings is 1. The van der Waals surface area contributed by atoms with Crippen LogP contribution in [0.2, 0.25) is 0 Å². The number of nitrogens with one attached hydrogen (secondary N) is 2. The van der Waals surface area contributed by atoms with Gasteiger partial charge < -0.3 is 20.2 Å². The molecule has 2 aromatic heterocycles. The molecule has 1 fully saturated rings. The first-order valence-corrected chi connectivity index (χ1v) is 20.0. The SMILES string of the molecule is CC1CN(C(=O)C(=O)Nc2cnc(NPI)c3cnn(PI)c23)CCN1C(=O)C(C)(C)C.c1ccccc1. The number of amides is 3. The molecule has 1 saturated heterocycles. The van der Waals surface area contributed by atoms with Crippen LogP contribution in [-0.2, 0) is 14.4 Å². The Kier molecular flexibility index (Phi) is 11.5. The van der Waals surface area contributed by atoms with Crippen molar-refractivity contribution in [1.29, 1.82) is 0 Å². The fourth-order valence-corrected chi connectivity index (χ4v) is 6.50. The molecule has 204 valence electrons. The van der Waals surface area contributed by atoms with Gasteiger partial charge in [-0.15, -0.1) is 0 Å². The molecule has 3 atom stereocenters. The molecule has 0 radical (unpaired) electrons. The van der Waals surface area contributed by atoms with Crippen LogP contribution in [-0.4, -0.2) is 67.7 Å². The molecule has 3 amide bonds. The summed E-state index contributed by atoms with van der Waals surface area (Å²) in [6, 6.07) is 11.8. The van der Waals surface area contributed by atoms with Gasteiger partial charge in [-0.05, 0) is 51.0 Å². The van der Waals surface area contributed by atoms with Gasteiger partial charge in [0.25, 0.3) is 0 Å². The van der Waals surface area contributed by atoms with Gasteiger partial charge in [0.1, 0.15) is 11.3 Å². The Labute approximate surface area is 252 Å². The molecule has 38 heavy (non-hydrogen) atoms. The van der Waals surface area contributed by atoms with Gasteiger partial charge >= 0.3 is 11.8 Å². The Morgan fingerprint density at radius 3 is 2.18 bits per heavy atom. The lowest BCUT2D eigenvalue weighted by atomic mass is 9.93. The van der Waals surface area contributed by atoms with Gasteiger partial charge in [0.05, 0.1) is 29.8 Å². The lowest BCUT2D eigenvalue weighted by molar-refractivity contribution is -0.150. The van der Waals surface area contributed by atoms with Gasteiger partial charge in [-0.25, -0.2) is 9.44 Å². The van der Waals surface area contributed by atoms with Crippen LogP contribution in [0.25, 0.3) is 10.9 Å². The summed E-state index contributed by atoms with van der Waals surface area (Å²) < 4.78 is 1.78. The molecule has 0 bridgehead atoms. The Morgan fingerprint density at radius 1 is 1.03 bits per heavy atom. The maximum Gasteiger partial charge on any atom is 0.314 e. The van der Waals surface area contributed by atoms with E-state index in [-0.39, 0.29) is 11.9 Å². The minimum absolute atomic E-state index is 0.0451. The molecule has 0 spiro atoms. The van der Waals surface area contributed by atoms with E-state index in [4.69, 9.17) is 0 Å². The minimum atomic E-state index is -0.725. The van der Waals surface area contributed by atoms with E-state index in [9.17, 15) is 14.4 Å². The van der Waals surface area contributed by atoms with Gasteiger partial charge in [0.2, 0.25) is 5.91 Å². The van der Waals surface area contributed by atoms with Crippen LogP contribution in [0.4, 0.5) is 11.5 Å². The van der Waals surface area contributed by atoms with E-state index in [0.717, 1.165) is 10.9 Å². The number of hydrogen-bond donors (Lipinski definition) is 2. The van der Waals surface area contributed by atoms with Crippen molar-refractivity contribution in [2.24, 2.45) is 5.41 Å². The monoisotopic (exact) mass is 781 g/mol. The molecule has 3 heterocycles. The molecule has 14 heteroatoms. The zero-order chi connectivity index (χ0) is 27.9. The first-order valence-electron chi connectivity index (χ1n) is 11.8. The molecule has 1 aliphatic heterocycles. The third-order valence-electron chi connectivity index (χ3n) is 5.77. The zero-order valence-electron chi connectivity index (χ0n) is 21.5. The smallest absolute Gasteiger partial charge is 0.314 e. The highest BCUT2D eigenvalue weighted by atomic mass is 127. The molecular formula is C24H31I2N7O3P2. The number of hydrogen-bond acceptors (Lipinski definition) is 6. The number of carbonyl (C=O) groups excluding carboxylic acids is 3. The third kappa shape index (κ3) is 7.73. The van der Waals surface area contributed by atoms with Gasteiger partial charge in [0.15, 0.2) is 0 Å². The second-order valence-corrected chi connectivity index (χ2v) is 13.7. The van der Waals surface area contributed by atoms with Crippen LogP contribution in [0.1, 0.15) is 27.7 Å². The number of carbonyl (C=O) groups is 3. The van der Waals surface area contributed by atoms with Crippen molar-refractivity contribution in [3.8, 4) is 0 Å². The predicted octanol–water partition coefficient (Wildman–Crippen LogP) is 5.31. The third-order valence-corrected chi connectivity index (χ3v) is 8.78. The maximum atomic E-state index is 12.9. The number of anilines is 2. The van der Waals surface area contributed by atoms with Crippen molar-refractivity contribution < 1.29 is 14.4 Å². The number of fused-ring (bicyclic) bond motifs is 1.